The molecule has 1 atom stereocenters. The number of unbranched alkanes of at least 4 members (excludes halogenated alkanes) is 2. The number of esters is 1. The average Bonchev–Trinajstić information content (AvgIpc) is 3.06. The van der Waals surface area contributed by atoms with Gasteiger partial charge in [0.15, 0.2) is 0 Å². The van der Waals surface area contributed by atoms with Crippen LogP contribution in [0.25, 0.3) is 22.1 Å². The number of benzene rings is 2. The van der Waals surface area contributed by atoms with Crippen molar-refractivity contribution in [1.29, 1.82) is 0 Å². The molecule has 1 heterocycles. The molecule has 0 amide bonds. The highest BCUT2D eigenvalue weighted by molar-refractivity contribution is 5.83. The Balaban J connectivity index is 1.70. The maximum atomic E-state index is 14.7. The first kappa shape index (κ1) is 45.7. The molecule has 0 aliphatic rings. The van der Waals surface area contributed by atoms with Crippen molar-refractivity contribution in [3.05, 3.63) is 64.0 Å². The van der Waals surface area contributed by atoms with Gasteiger partial charge in [-0.15, -0.1) is 0 Å². The van der Waals surface area contributed by atoms with Crippen LogP contribution in [0.4, 0.5) is 35.1 Å². The van der Waals surface area contributed by atoms with Gasteiger partial charge in [0.2, 0.25) is 0 Å². The Morgan fingerprint density at radius 1 is 0.764 bits per heavy atom. The number of carbonyl (C=O) groups excluding carboxylic acids is 1. The molecule has 1 aromatic heterocycles. The van der Waals surface area contributed by atoms with Gasteiger partial charge in [-0.2, -0.15) is 35.1 Å². The van der Waals surface area contributed by atoms with Gasteiger partial charge in [0.05, 0.1) is 37.0 Å². The number of rotatable bonds is 20. The van der Waals surface area contributed by atoms with Crippen LogP contribution in [0.2, 0.25) is 0 Å². The minimum atomic E-state index is -6.58. The normalized spacial score (nSPS) is 14.6. The van der Waals surface area contributed by atoms with E-state index < -0.39 is 77.8 Å². The largest absolute Gasteiger partial charge is 0.493 e. The third-order valence-electron chi connectivity index (χ3n) is 9.95. The number of halogens is 8. The monoisotopic (exact) mass is 792 g/mol. The van der Waals surface area contributed by atoms with Gasteiger partial charge in [0.1, 0.15) is 11.3 Å². The minimum Gasteiger partial charge on any atom is -0.493 e. The lowest BCUT2D eigenvalue weighted by Crippen LogP contribution is -2.62. The van der Waals surface area contributed by atoms with E-state index in [1.54, 1.807) is 19.9 Å². The standard InChI is InChI=1S/C40H52F8N2O5/c1-8-10-11-12-25-13-16-29(26(9-2)21-25)30-22-27-14-15-28(23-31(27)55-32(30)51)53-19-17-37(41,42)39(45,46)40(47,48)38(43,44)18-20-54-33(52)36(7,35(5,6)50)24-34(3,4)49/h13-16,21-23H,8-12,17-20,24,49-50H2,1-7H3. The molecule has 0 aliphatic carbocycles. The molecule has 1 unspecified atom stereocenters. The molecule has 4 N–H and O–H groups in total. The van der Waals surface area contributed by atoms with Crippen molar-refractivity contribution in [2.45, 2.75) is 135 Å². The Morgan fingerprint density at radius 2 is 1.36 bits per heavy atom. The molecule has 0 bridgehead atoms. The summed E-state index contributed by atoms with van der Waals surface area (Å²) in [6, 6.07) is 11.2. The number of nitrogens with two attached hydrogens (primary N) is 2. The molecule has 0 aliphatic heterocycles. The predicted molar refractivity (Wildman–Crippen MR) is 195 cm³/mol. The van der Waals surface area contributed by atoms with E-state index in [4.69, 9.17) is 25.4 Å². The van der Waals surface area contributed by atoms with Crippen LogP contribution in [0.15, 0.2) is 51.7 Å². The molecule has 55 heavy (non-hydrogen) atoms. The van der Waals surface area contributed by atoms with E-state index in [2.05, 4.69) is 6.92 Å². The van der Waals surface area contributed by atoms with Crippen molar-refractivity contribution in [3.63, 3.8) is 0 Å². The number of alkyl halides is 8. The summed E-state index contributed by atoms with van der Waals surface area (Å²) >= 11 is 0. The molecular weight excluding hydrogens is 740 g/mol. The lowest BCUT2D eigenvalue weighted by atomic mass is 9.67. The molecule has 0 fully saturated rings. The number of carbonyl (C=O) groups is 1. The summed E-state index contributed by atoms with van der Waals surface area (Å²) in [5.74, 6) is -26.0. The second-order valence-electron chi connectivity index (χ2n) is 15.7. The second kappa shape index (κ2) is 16.8. The fourth-order valence-electron chi connectivity index (χ4n) is 6.28. The highest BCUT2D eigenvalue weighted by Crippen LogP contribution is 2.54. The minimum absolute atomic E-state index is 0.0356. The first-order chi connectivity index (χ1) is 25.1. The predicted octanol–water partition coefficient (Wildman–Crippen LogP) is 9.87. The molecular formula is C40H52F8N2O5. The van der Waals surface area contributed by atoms with Crippen LogP contribution in [0, 0.1) is 5.41 Å². The fraction of sp³-hybridized carbons (Fsp3) is 0.600. The molecule has 0 spiro atoms. The van der Waals surface area contributed by atoms with Crippen LogP contribution < -0.4 is 21.8 Å². The second-order valence-corrected chi connectivity index (χ2v) is 15.7. The molecule has 3 aromatic rings. The summed E-state index contributed by atoms with van der Waals surface area (Å²) in [6.45, 7) is 8.49. The zero-order chi connectivity index (χ0) is 41.8. The number of hydrogen-bond acceptors (Lipinski definition) is 7. The van der Waals surface area contributed by atoms with E-state index in [-0.39, 0.29) is 23.3 Å². The van der Waals surface area contributed by atoms with Crippen molar-refractivity contribution in [2.75, 3.05) is 13.2 Å². The van der Waals surface area contributed by atoms with Gasteiger partial charge in [0.25, 0.3) is 0 Å². The fourth-order valence-corrected chi connectivity index (χ4v) is 6.28. The van der Waals surface area contributed by atoms with E-state index in [0.717, 1.165) is 42.9 Å². The zero-order valence-electron chi connectivity index (χ0n) is 32.3. The summed E-state index contributed by atoms with van der Waals surface area (Å²) in [7, 11) is 0. The summed E-state index contributed by atoms with van der Waals surface area (Å²) in [5.41, 5.74) is 10.3. The van der Waals surface area contributed by atoms with Crippen LogP contribution in [-0.2, 0) is 22.4 Å². The number of fused-ring (bicyclic) bond motifs is 1. The molecule has 7 nitrogen and oxygen atoms in total. The first-order valence-electron chi connectivity index (χ1n) is 18.2. The van der Waals surface area contributed by atoms with Crippen molar-refractivity contribution in [1.82, 2.24) is 0 Å². The number of aryl methyl sites for hydroxylation is 2. The Bertz CT molecular complexity index is 1850. The summed E-state index contributed by atoms with van der Waals surface area (Å²) < 4.78 is 133. The smallest absolute Gasteiger partial charge is 0.378 e. The lowest BCUT2D eigenvalue weighted by molar-refractivity contribution is -0.369. The summed E-state index contributed by atoms with van der Waals surface area (Å²) in [4.78, 5) is 25.9. The molecule has 308 valence electrons. The Morgan fingerprint density at radius 3 is 1.91 bits per heavy atom. The third kappa shape index (κ3) is 10.2. The zero-order valence-corrected chi connectivity index (χ0v) is 32.3. The molecule has 0 saturated heterocycles. The first-order valence-corrected chi connectivity index (χ1v) is 18.2. The summed E-state index contributed by atoms with van der Waals surface area (Å²) in [5, 5.41) is 0.417. The molecule has 2 aromatic carbocycles. The third-order valence-corrected chi connectivity index (χ3v) is 9.95. The van der Waals surface area contributed by atoms with Crippen molar-refractivity contribution in [3.8, 4) is 16.9 Å². The van der Waals surface area contributed by atoms with E-state index in [1.807, 2.05) is 25.1 Å². The van der Waals surface area contributed by atoms with E-state index in [1.165, 1.54) is 32.9 Å². The quantitative estimate of drug-likeness (QED) is 0.0506. The van der Waals surface area contributed by atoms with Gasteiger partial charge in [-0.3, -0.25) is 4.79 Å². The van der Waals surface area contributed by atoms with Crippen molar-refractivity contribution >= 4 is 16.9 Å². The number of hydrogen-bond donors (Lipinski definition) is 2. The SMILES string of the molecule is CCCCCc1ccc(-c2cc3ccc(OCCC(F)(F)C(F)(F)C(F)(F)C(F)(F)CCOC(=O)C(C)(CC(C)(C)N)C(C)(C)N)cc3oc2=O)c(CC)c1. The van der Waals surface area contributed by atoms with Crippen molar-refractivity contribution < 1.29 is 53.8 Å². The molecule has 15 heteroatoms. The highest BCUT2D eigenvalue weighted by atomic mass is 19.4. The van der Waals surface area contributed by atoms with E-state index in [0.29, 0.717) is 17.4 Å². The van der Waals surface area contributed by atoms with E-state index >= 15 is 0 Å². The topological polar surface area (TPSA) is 118 Å². The van der Waals surface area contributed by atoms with Crippen LogP contribution >= 0.6 is 0 Å². The average molecular weight is 793 g/mol. The highest BCUT2D eigenvalue weighted by Gasteiger charge is 2.79. The Labute approximate surface area is 316 Å². The summed E-state index contributed by atoms with van der Waals surface area (Å²) in [6.07, 6.45) is 0.337. The van der Waals surface area contributed by atoms with Crippen LogP contribution in [0.3, 0.4) is 0 Å². The van der Waals surface area contributed by atoms with Crippen LogP contribution in [0.1, 0.15) is 98.1 Å². The molecule has 0 radical (unpaired) electrons. The van der Waals surface area contributed by atoms with Gasteiger partial charge in [-0.05, 0) is 95.2 Å². The maximum absolute atomic E-state index is 14.7. The van der Waals surface area contributed by atoms with Gasteiger partial charge in [-0.1, -0.05) is 44.9 Å². The van der Waals surface area contributed by atoms with Crippen LogP contribution in [0.5, 0.6) is 5.75 Å². The van der Waals surface area contributed by atoms with Gasteiger partial charge in [0, 0.05) is 22.5 Å². The van der Waals surface area contributed by atoms with Gasteiger partial charge >= 0.3 is 35.3 Å². The Kier molecular flexibility index (Phi) is 13.9. The molecule has 3 rings (SSSR count). The number of ether oxygens (including phenoxy) is 2. The van der Waals surface area contributed by atoms with Gasteiger partial charge < -0.3 is 25.4 Å². The van der Waals surface area contributed by atoms with E-state index in [9.17, 15) is 44.7 Å². The van der Waals surface area contributed by atoms with Crippen molar-refractivity contribution in [2.24, 2.45) is 16.9 Å². The lowest BCUT2D eigenvalue weighted by Gasteiger charge is -2.43. The van der Waals surface area contributed by atoms with Gasteiger partial charge in [-0.25, -0.2) is 4.79 Å². The molecule has 0 saturated carbocycles. The van der Waals surface area contributed by atoms with Crippen LogP contribution in [-0.4, -0.2) is 54.0 Å². The maximum Gasteiger partial charge on any atom is 0.378 e. The Hall–Kier alpha value is -3.72.